The van der Waals surface area contributed by atoms with E-state index in [9.17, 15) is 9.59 Å². The number of nitrogens with zero attached hydrogens (tertiary/aromatic N) is 2. The van der Waals surface area contributed by atoms with E-state index in [0.717, 1.165) is 16.7 Å². The fraction of sp³-hybridized carbons (Fsp3) is 0.160. The van der Waals surface area contributed by atoms with Gasteiger partial charge in [0.05, 0.1) is 24.1 Å². The zero-order valence-corrected chi connectivity index (χ0v) is 17.4. The number of pyridine rings is 1. The average molecular weight is 412 g/mol. The Bertz CT molecular complexity index is 1390. The maximum Gasteiger partial charge on any atom is 0.296 e. The first-order valence-electron chi connectivity index (χ1n) is 9.96. The number of carbonyl (C=O) groups excluding carboxylic acids is 1. The zero-order valence-electron chi connectivity index (χ0n) is 17.4. The van der Waals surface area contributed by atoms with E-state index >= 15 is 0 Å². The molecule has 1 unspecified atom stereocenters. The quantitative estimate of drug-likeness (QED) is 0.493. The van der Waals surface area contributed by atoms with Gasteiger partial charge in [-0.15, -0.1) is 0 Å². The summed E-state index contributed by atoms with van der Waals surface area (Å²) in [6, 6.07) is 15.6. The molecular weight excluding hydrogens is 392 g/mol. The Morgan fingerprint density at radius 3 is 2.55 bits per heavy atom. The van der Waals surface area contributed by atoms with E-state index in [1.54, 1.807) is 31.5 Å². The Balaban J connectivity index is 1.83. The van der Waals surface area contributed by atoms with Gasteiger partial charge in [-0.25, -0.2) is 4.98 Å². The molecule has 0 saturated carbocycles. The third-order valence-electron chi connectivity index (χ3n) is 5.79. The van der Waals surface area contributed by atoms with Gasteiger partial charge in [0.1, 0.15) is 17.2 Å². The molecule has 0 radical (unpaired) electrons. The summed E-state index contributed by atoms with van der Waals surface area (Å²) < 4.78 is 11.4. The van der Waals surface area contributed by atoms with Crippen LogP contribution in [0.1, 0.15) is 38.9 Å². The molecular formula is C25H20N2O4. The van der Waals surface area contributed by atoms with Gasteiger partial charge in [-0.3, -0.25) is 14.5 Å². The van der Waals surface area contributed by atoms with Crippen LogP contribution < -0.4 is 15.1 Å². The van der Waals surface area contributed by atoms with Crippen molar-refractivity contribution in [3.05, 3.63) is 99.0 Å². The smallest absolute Gasteiger partial charge is 0.296 e. The summed E-state index contributed by atoms with van der Waals surface area (Å²) in [5.74, 6) is 0.747. The number of anilines is 1. The van der Waals surface area contributed by atoms with Crippen molar-refractivity contribution in [1.82, 2.24) is 4.98 Å². The fourth-order valence-electron chi connectivity index (χ4n) is 4.09. The standard InChI is InChI=1S/C25H20N2O4/c1-14-11-18-19(12-15(14)2)31-24-21(23(18)28)22(16-7-6-8-17(13-16)30-3)27(25(24)29)20-9-4-5-10-26-20/h4-13,22H,1-3H3. The van der Waals surface area contributed by atoms with Gasteiger partial charge in [0.2, 0.25) is 5.76 Å². The average Bonchev–Trinajstić information content (AvgIpc) is 3.08. The first-order chi connectivity index (χ1) is 15.0. The number of amides is 1. The number of aryl methyl sites for hydroxylation is 2. The lowest BCUT2D eigenvalue weighted by atomic mass is 9.97. The van der Waals surface area contributed by atoms with Crippen LogP contribution in [0.25, 0.3) is 11.0 Å². The van der Waals surface area contributed by atoms with E-state index in [0.29, 0.717) is 28.1 Å². The molecule has 2 aromatic heterocycles. The minimum absolute atomic E-state index is 0.0548. The molecule has 6 nitrogen and oxygen atoms in total. The molecule has 0 fully saturated rings. The normalized spacial score (nSPS) is 15.4. The maximum atomic E-state index is 13.7. The number of ether oxygens (including phenoxy) is 1. The molecule has 5 rings (SSSR count). The largest absolute Gasteiger partial charge is 0.497 e. The Labute approximate surface area is 178 Å². The molecule has 2 aromatic carbocycles. The molecule has 3 heterocycles. The van der Waals surface area contributed by atoms with Crippen molar-refractivity contribution in [3.8, 4) is 5.75 Å². The highest BCUT2D eigenvalue weighted by Crippen LogP contribution is 2.41. The minimum Gasteiger partial charge on any atom is -0.497 e. The highest BCUT2D eigenvalue weighted by Gasteiger charge is 2.44. The lowest BCUT2D eigenvalue weighted by Crippen LogP contribution is -2.30. The molecule has 0 N–H and O–H groups in total. The van der Waals surface area contributed by atoms with Gasteiger partial charge < -0.3 is 9.15 Å². The molecule has 1 aliphatic heterocycles. The van der Waals surface area contributed by atoms with Crippen molar-refractivity contribution < 1.29 is 13.9 Å². The number of benzene rings is 2. The van der Waals surface area contributed by atoms with Gasteiger partial charge in [-0.05, 0) is 66.9 Å². The summed E-state index contributed by atoms with van der Waals surface area (Å²) in [7, 11) is 1.58. The molecule has 0 saturated heterocycles. The number of hydrogen-bond acceptors (Lipinski definition) is 5. The van der Waals surface area contributed by atoms with Crippen LogP contribution in [0.5, 0.6) is 5.75 Å². The van der Waals surface area contributed by atoms with Crippen molar-refractivity contribution in [2.24, 2.45) is 0 Å². The van der Waals surface area contributed by atoms with Crippen molar-refractivity contribution in [2.75, 3.05) is 12.0 Å². The Morgan fingerprint density at radius 1 is 1.00 bits per heavy atom. The first kappa shape index (κ1) is 19.1. The summed E-state index contributed by atoms with van der Waals surface area (Å²) in [5, 5.41) is 0.463. The van der Waals surface area contributed by atoms with Crippen LogP contribution in [0.2, 0.25) is 0 Å². The molecule has 1 atom stereocenters. The molecule has 0 aliphatic carbocycles. The van der Waals surface area contributed by atoms with Crippen molar-refractivity contribution in [1.29, 1.82) is 0 Å². The highest BCUT2D eigenvalue weighted by atomic mass is 16.5. The topological polar surface area (TPSA) is 72.6 Å². The van der Waals surface area contributed by atoms with Gasteiger partial charge in [0, 0.05) is 6.20 Å². The maximum absolute atomic E-state index is 13.7. The summed E-state index contributed by atoms with van der Waals surface area (Å²) in [6.45, 7) is 3.90. The van der Waals surface area contributed by atoms with Crippen LogP contribution in [0, 0.1) is 13.8 Å². The van der Waals surface area contributed by atoms with E-state index in [2.05, 4.69) is 4.98 Å². The minimum atomic E-state index is -0.672. The summed E-state index contributed by atoms with van der Waals surface area (Å²) >= 11 is 0. The van der Waals surface area contributed by atoms with Crippen molar-refractivity contribution >= 4 is 22.7 Å². The lowest BCUT2D eigenvalue weighted by Gasteiger charge is -2.24. The Hall–Kier alpha value is -3.93. The molecule has 0 bridgehead atoms. The van der Waals surface area contributed by atoms with Crippen LogP contribution in [0.4, 0.5) is 5.82 Å². The summed E-state index contributed by atoms with van der Waals surface area (Å²) in [5.41, 5.74) is 3.24. The van der Waals surface area contributed by atoms with Crippen LogP contribution in [0.3, 0.4) is 0 Å². The first-order valence-corrected chi connectivity index (χ1v) is 9.96. The fourth-order valence-corrected chi connectivity index (χ4v) is 4.09. The van der Waals surface area contributed by atoms with Gasteiger partial charge in [-0.2, -0.15) is 0 Å². The van der Waals surface area contributed by atoms with Gasteiger partial charge in [0.15, 0.2) is 5.43 Å². The lowest BCUT2D eigenvalue weighted by molar-refractivity contribution is 0.0970. The Kier molecular flexibility index (Phi) is 4.36. The number of rotatable bonds is 3. The van der Waals surface area contributed by atoms with E-state index in [1.807, 2.05) is 50.2 Å². The molecule has 31 heavy (non-hydrogen) atoms. The third kappa shape index (κ3) is 2.91. The third-order valence-corrected chi connectivity index (χ3v) is 5.79. The highest BCUT2D eigenvalue weighted by molar-refractivity contribution is 6.10. The molecule has 6 heteroatoms. The molecule has 4 aromatic rings. The number of carbonyl (C=O) groups is 1. The second kappa shape index (κ2) is 7.09. The van der Waals surface area contributed by atoms with Crippen LogP contribution in [-0.4, -0.2) is 18.0 Å². The number of aromatic nitrogens is 1. The Morgan fingerprint density at radius 2 is 1.81 bits per heavy atom. The van der Waals surface area contributed by atoms with Crippen molar-refractivity contribution in [2.45, 2.75) is 19.9 Å². The van der Waals surface area contributed by atoms with E-state index in [1.165, 1.54) is 4.90 Å². The van der Waals surface area contributed by atoms with E-state index in [4.69, 9.17) is 9.15 Å². The van der Waals surface area contributed by atoms with E-state index < -0.39 is 11.9 Å². The van der Waals surface area contributed by atoms with Gasteiger partial charge >= 0.3 is 0 Å². The summed E-state index contributed by atoms with van der Waals surface area (Å²) in [6.07, 6.45) is 1.62. The van der Waals surface area contributed by atoms with E-state index in [-0.39, 0.29) is 11.2 Å². The van der Waals surface area contributed by atoms with Crippen molar-refractivity contribution in [3.63, 3.8) is 0 Å². The SMILES string of the molecule is COc1cccc(C2c3c(oc4cc(C)c(C)cc4c3=O)C(=O)N2c2ccccn2)c1. The zero-order chi connectivity index (χ0) is 21.7. The monoisotopic (exact) mass is 412 g/mol. The predicted molar refractivity (Wildman–Crippen MR) is 118 cm³/mol. The predicted octanol–water partition coefficient (Wildman–Crippen LogP) is 4.56. The number of hydrogen-bond donors (Lipinski definition) is 0. The van der Waals surface area contributed by atoms with Crippen LogP contribution in [-0.2, 0) is 0 Å². The second-order valence-corrected chi connectivity index (χ2v) is 7.65. The van der Waals surface area contributed by atoms with Gasteiger partial charge in [-0.1, -0.05) is 18.2 Å². The number of fused-ring (bicyclic) bond motifs is 2. The van der Waals surface area contributed by atoms with Crippen LogP contribution in [0.15, 0.2) is 70.0 Å². The van der Waals surface area contributed by atoms with Gasteiger partial charge in [0.25, 0.3) is 5.91 Å². The van der Waals surface area contributed by atoms with Crippen LogP contribution >= 0.6 is 0 Å². The number of methoxy groups -OCH3 is 1. The summed E-state index contributed by atoms with van der Waals surface area (Å²) in [4.78, 5) is 33.0. The molecule has 1 amide bonds. The molecule has 0 spiro atoms. The molecule has 1 aliphatic rings. The second-order valence-electron chi connectivity index (χ2n) is 7.65. The molecule has 154 valence electrons.